The van der Waals surface area contributed by atoms with E-state index in [1.165, 1.54) is 30.5 Å². The van der Waals surface area contributed by atoms with Crippen LogP contribution in [0.1, 0.15) is 24.3 Å². The Labute approximate surface area is 125 Å². The van der Waals surface area contributed by atoms with Gasteiger partial charge in [0.05, 0.1) is 12.5 Å². The number of amides is 2. The molecular weight excluding hydrogens is 290 g/mol. The van der Waals surface area contributed by atoms with Gasteiger partial charge in [-0.25, -0.2) is 4.98 Å². The first-order valence-corrected chi connectivity index (χ1v) is 7.18. The number of aromatic hydroxyl groups is 1. The number of nitrogens with one attached hydrogen (secondary N) is 2. The molecule has 3 N–H and O–H groups in total. The van der Waals surface area contributed by atoms with Crippen LogP contribution < -0.4 is 10.6 Å². The first-order valence-electron chi connectivity index (χ1n) is 6.30. The lowest BCUT2D eigenvalue weighted by molar-refractivity contribution is -0.120. The zero-order chi connectivity index (χ0) is 15.2. The number of rotatable bonds is 5. The Kier molecular flexibility index (Phi) is 4.89. The quantitative estimate of drug-likeness (QED) is 0.788. The molecule has 0 unspecified atom stereocenters. The van der Waals surface area contributed by atoms with Gasteiger partial charge in [-0.3, -0.25) is 9.59 Å². The molecule has 0 saturated heterocycles. The van der Waals surface area contributed by atoms with Crippen molar-refractivity contribution in [2.24, 2.45) is 0 Å². The van der Waals surface area contributed by atoms with Gasteiger partial charge in [-0.2, -0.15) is 0 Å². The minimum Gasteiger partial charge on any atom is -0.504 e. The van der Waals surface area contributed by atoms with Crippen LogP contribution in [-0.4, -0.2) is 21.9 Å². The predicted molar refractivity (Wildman–Crippen MR) is 80.0 cm³/mol. The number of thiophene rings is 1. The largest absolute Gasteiger partial charge is 0.504 e. The summed E-state index contributed by atoms with van der Waals surface area (Å²) >= 11 is 1.46. The number of hydrogen-bond acceptors (Lipinski definition) is 5. The van der Waals surface area contributed by atoms with E-state index in [4.69, 9.17) is 0 Å². The summed E-state index contributed by atoms with van der Waals surface area (Å²) < 4.78 is 0. The van der Waals surface area contributed by atoms with E-state index in [2.05, 4.69) is 15.6 Å². The number of anilines is 1. The standard InChI is InChI=1S/C14H15N3O3S/c1-9(18)16-10(12-5-3-7-21-12)8-13(20)17-14-11(19)4-2-6-15-14/h2-7,10,19H,8H2,1H3,(H,16,18)(H,15,17,20)/t10-/m0/s1. The monoisotopic (exact) mass is 305 g/mol. The number of aromatic nitrogens is 1. The highest BCUT2D eigenvalue weighted by atomic mass is 32.1. The molecule has 6 nitrogen and oxygen atoms in total. The lowest BCUT2D eigenvalue weighted by Gasteiger charge is -2.16. The number of carbonyl (C=O) groups excluding carboxylic acids is 2. The summed E-state index contributed by atoms with van der Waals surface area (Å²) in [5, 5.41) is 16.7. The smallest absolute Gasteiger partial charge is 0.228 e. The molecule has 0 aliphatic carbocycles. The van der Waals surface area contributed by atoms with Gasteiger partial charge in [0.25, 0.3) is 0 Å². The van der Waals surface area contributed by atoms with E-state index in [0.717, 1.165) is 4.88 Å². The van der Waals surface area contributed by atoms with Gasteiger partial charge in [-0.15, -0.1) is 11.3 Å². The molecule has 0 spiro atoms. The Hall–Kier alpha value is -2.41. The summed E-state index contributed by atoms with van der Waals surface area (Å²) in [5.41, 5.74) is 0. The number of carbonyl (C=O) groups is 2. The maximum atomic E-state index is 12.0. The van der Waals surface area contributed by atoms with E-state index in [1.54, 1.807) is 6.07 Å². The van der Waals surface area contributed by atoms with Gasteiger partial charge >= 0.3 is 0 Å². The Morgan fingerprint density at radius 3 is 2.81 bits per heavy atom. The molecule has 2 rings (SSSR count). The second-order valence-electron chi connectivity index (χ2n) is 4.39. The number of hydrogen-bond donors (Lipinski definition) is 3. The highest BCUT2D eigenvalue weighted by Crippen LogP contribution is 2.24. The minimum absolute atomic E-state index is 0.0656. The van der Waals surface area contributed by atoms with Gasteiger partial charge in [0, 0.05) is 18.0 Å². The third-order valence-corrected chi connectivity index (χ3v) is 3.68. The van der Waals surface area contributed by atoms with Crippen molar-refractivity contribution in [1.29, 1.82) is 0 Å². The molecule has 1 atom stereocenters. The summed E-state index contributed by atoms with van der Waals surface area (Å²) in [7, 11) is 0. The van der Waals surface area contributed by atoms with E-state index in [9.17, 15) is 14.7 Å². The summed E-state index contributed by atoms with van der Waals surface area (Å²) in [6.45, 7) is 1.41. The second kappa shape index (κ2) is 6.85. The zero-order valence-electron chi connectivity index (χ0n) is 11.4. The van der Waals surface area contributed by atoms with Gasteiger partial charge in [-0.1, -0.05) is 6.07 Å². The fourth-order valence-electron chi connectivity index (χ4n) is 1.82. The van der Waals surface area contributed by atoms with Crippen LogP contribution in [0.25, 0.3) is 0 Å². The third kappa shape index (κ3) is 4.28. The molecule has 2 amide bonds. The fourth-order valence-corrected chi connectivity index (χ4v) is 2.60. The summed E-state index contributed by atoms with van der Waals surface area (Å²) in [6, 6.07) is 6.33. The Balaban J connectivity index is 2.05. The lowest BCUT2D eigenvalue weighted by atomic mass is 10.1. The molecule has 0 aromatic carbocycles. The van der Waals surface area contributed by atoms with E-state index >= 15 is 0 Å². The molecule has 2 aromatic heterocycles. The maximum Gasteiger partial charge on any atom is 0.228 e. The topological polar surface area (TPSA) is 91.3 Å². The van der Waals surface area contributed by atoms with Crippen LogP contribution in [0.4, 0.5) is 5.82 Å². The number of pyridine rings is 1. The van der Waals surface area contributed by atoms with Crippen LogP contribution in [0.3, 0.4) is 0 Å². The molecule has 0 fully saturated rings. The first-order chi connectivity index (χ1) is 10.1. The van der Waals surface area contributed by atoms with E-state index < -0.39 is 6.04 Å². The Morgan fingerprint density at radius 1 is 1.38 bits per heavy atom. The van der Waals surface area contributed by atoms with Crippen molar-refractivity contribution in [2.45, 2.75) is 19.4 Å². The van der Waals surface area contributed by atoms with E-state index in [-0.39, 0.29) is 29.8 Å². The molecule has 0 radical (unpaired) electrons. The fraction of sp³-hybridized carbons (Fsp3) is 0.214. The molecule has 110 valence electrons. The molecule has 2 aromatic rings. The van der Waals surface area contributed by atoms with Gasteiger partial charge < -0.3 is 15.7 Å². The van der Waals surface area contributed by atoms with Crippen LogP contribution in [0.15, 0.2) is 35.8 Å². The average Bonchev–Trinajstić information content (AvgIpc) is 2.94. The van der Waals surface area contributed by atoms with Crippen LogP contribution in [0.2, 0.25) is 0 Å². The van der Waals surface area contributed by atoms with Crippen molar-refractivity contribution in [3.63, 3.8) is 0 Å². The van der Waals surface area contributed by atoms with Gasteiger partial charge in [0.15, 0.2) is 11.6 Å². The van der Waals surface area contributed by atoms with Crippen LogP contribution in [-0.2, 0) is 9.59 Å². The van der Waals surface area contributed by atoms with Crippen molar-refractivity contribution >= 4 is 29.0 Å². The van der Waals surface area contributed by atoms with Crippen molar-refractivity contribution in [3.8, 4) is 5.75 Å². The molecule has 0 bridgehead atoms. The maximum absolute atomic E-state index is 12.0. The van der Waals surface area contributed by atoms with Crippen molar-refractivity contribution in [2.75, 3.05) is 5.32 Å². The minimum atomic E-state index is -0.395. The molecular formula is C14H15N3O3S. The average molecular weight is 305 g/mol. The zero-order valence-corrected chi connectivity index (χ0v) is 12.2. The predicted octanol–water partition coefficient (Wildman–Crippen LogP) is 2.05. The van der Waals surface area contributed by atoms with E-state index in [0.29, 0.717) is 0 Å². The summed E-state index contributed by atoms with van der Waals surface area (Å²) in [4.78, 5) is 28.1. The van der Waals surface area contributed by atoms with Crippen LogP contribution in [0, 0.1) is 0 Å². The normalized spacial score (nSPS) is 11.7. The van der Waals surface area contributed by atoms with Crippen molar-refractivity contribution < 1.29 is 14.7 Å². The van der Waals surface area contributed by atoms with Gasteiger partial charge in [-0.05, 0) is 23.6 Å². The van der Waals surface area contributed by atoms with Crippen molar-refractivity contribution in [3.05, 3.63) is 40.7 Å². The molecule has 0 aliphatic heterocycles. The Morgan fingerprint density at radius 2 is 2.19 bits per heavy atom. The molecule has 0 aliphatic rings. The second-order valence-corrected chi connectivity index (χ2v) is 5.37. The SMILES string of the molecule is CC(=O)N[C@@H](CC(=O)Nc1ncccc1O)c1cccs1. The Bertz CT molecular complexity index is 628. The van der Waals surface area contributed by atoms with Crippen molar-refractivity contribution in [1.82, 2.24) is 10.3 Å². The first kappa shape index (κ1) is 15.0. The van der Waals surface area contributed by atoms with Crippen LogP contribution >= 0.6 is 11.3 Å². The lowest BCUT2D eigenvalue weighted by Crippen LogP contribution is -2.29. The molecule has 0 saturated carbocycles. The molecule has 7 heteroatoms. The summed E-state index contributed by atoms with van der Waals surface area (Å²) in [5.74, 6) is -0.536. The molecule has 2 heterocycles. The highest BCUT2D eigenvalue weighted by molar-refractivity contribution is 7.10. The summed E-state index contributed by atoms with van der Waals surface area (Å²) in [6.07, 6.45) is 1.54. The van der Waals surface area contributed by atoms with E-state index in [1.807, 2.05) is 17.5 Å². The number of nitrogens with zero attached hydrogens (tertiary/aromatic N) is 1. The van der Waals surface area contributed by atoms with Gasteiger partial charge in [0.1, 0.15) is 0 Å². The van der Waals surface area contributed by atoms with Crippen LogP contribution in [0.5, 0.6) is 5.75 Å². The molecule has 21 heavy (non-hydrogen) atoms. The highest BCUT2D eigenvalue weighted by Gasteiger charge is 2.19. The third-order valence-electron chi connectivity index (χ3n) is 2.70. The van der Waals surface area contributed by atoms with Gasteiger partial charge in [0.2, 0.25) is 11.8 Å².